The van der Waals surface area contributed by atoms with Gasteiger partial charge in [-0.15, -0.1) is 5.10 Å². The summed E-state index contributed by atoms with van der Waals surface area (Å²) < 4.78 is 16.9. The third-order valence-corrected chi connectivity index (χ3v) is 4.81. The smallest absolute Gasteiger partial charge is 0.343 e. The van der Waals surface area contributed by atoms with Gasteiger partial charge < -0.3 is 14.2 Å². The molecule has 8 nitrogen and oxygen atoms in total. The second-order valence-electron chi connectivity index (χ2n) is 7.09. The number of aryl methyl sites for hydroxylation is 1. The van der Waals surface area contributed by atoms with Gasteiger partial charge in [0, 0.05) is 24.4 Å². The predicted molar refractivity (Wildman–Crippen MR) is 116 cm³/mol. The van der Waals surface area contributed by atoms with E-state index in [1.807, 2.05) is 25.1 Å². The van der Waals surface area contributed by atoms with Crippen molar-refractivity contribution in [1.29, 1.82) is 0 Å². The Labute approximate surface area is 185 Å². The minimum atomic E-state index is -0.795. The van der Waals surface area contributed by atoms with Crippen molar-refractivity contribution < 1.29 is 23.8 Å². The van der Waals surface area contributed by atoms with E-state index >= 15 is 0 Å². The molecular weight excluding hydrogens is 410 g/mol. The molecule has 0 radical (unpaired) electrons. The van der Waals surface area contributed by atoms with E-state index in [9.17, 15) is 9.59 Å². The molecule has 0 saturated heterocycles. The zero-order valence-corrected chi connectivity index (χ0v) is 17.8. The van der Waals surface area contributed by atoms with Crippen molar-refractivity contribution in [1.82, 2.24) is 9.99 Å². The lowest BCUT2D eigenvalue weighted by Crippen LogP contribution is -2.25. The Morgan fingerprint density at radius 1 is 1.03 bits per heavy atom. The quantitative estimate of drug-likeness (QED) is 0.450. The Hall–Kier alpha value is -4.20. The van der Waals surface area contributed by atoms with Crippen LogP contribution in [0.2, 0.25) is 0 Å². The van der Waals surface area contributed by atoms with Crippen molar-refractivity contribution >= 4 is 17.8 Å². The minimum absolute atomic E-state index is 0.251. The summed E-state index contributed by atoms with van der Waals surface area (Å²) in [7, 11) is 1.47. The number of hydrogen-bond donors (Lipinski definition) is 0. The molecule has 0 bridgehead atoms. The number of hydrazone groups is 1. The number of aromatic nitrogens is 1. The maximum atomic E-state index is 12.4. The first-order valence-corrected chi connectivity index (χ1v) is 9.89. The Kier molecular flexibility index (Phi) is 5.85. The zero-order chi connectivity index (χ0) is 22.7. The van der Waals surface area contributed by atoms with Gasteiger partial charge in [-0.3, -0.25) is 9.78 Å². The van der Waals surface area contributed by atoms with Crippen LogP contribution in [0.1, 0.15) is 40.3 Å². The van der Waals surface area contributed by atoms with Gasteiger partial charge in [-0.25, -0.2) is 4.79 Å². The molecule has 2 heterocycles. The average Bonchev–Trinajstić information content (AvgIpc) is 3.26. The molecule has 8 heteroatoms. The molecule has 0 N–H and O–H groups in total. The number of carbonyl (C=O) groups is 2. The molecule has 0 fully saturated rings. The summed E-state index contributed by atoms with van der Waals surface area (Å²) in [6.45, 7) is 3.29. The molecule has 1 aliphatic heterocycles. The fourth-order valence-electron chi connectivity index (χ4n) is 3.15. The van der Waals surface area contributed by atoms with Crippen LogP contribution in [-0.4, -0.2) is 34.9 Å². The Morgan fingerprint density at radius 2 is 1.81 bits per heavy atom. The first kappa shape index (κ1) is 21.0. The Morgan fingerprint density at radius 3 is 2.47 bits per heavy atom. The highest BCUT2D eigenvalue weighted by molar-refractivity contribution is 5.96. The molecule has 0 unspecified atom stereocenters. The zero-order valence-electron chi connectivity index (χ0n) is 17.8. The van der Waals surface area contributed by atoms with Gasteiger partial charge in [0.05, 0.1) is 18.2 Å². The number of amides is 1. The van der Waals surface area contributed by atoms with Crippen LogP contribution in [0.5, 0.6) is 11.5 Å². The number of nitrogens with zero attached hydrogens (tertiary/aromatic N) is 3. The number of carbonyl (C=O) groups excluding carboxylic acids is 2. The van der Waals surface area contributed by atoms with E-state index in [0.29, 0.717) is 22.4 Å². The van der Waals surface area contributed by atoms with Crippen LogP contribution >= 0.6 is 0 Å². The van der Waals surface area contributed by atoms with Crippen LogP contribution in [0, 0.1) is 6.92 Å². The van der Waals surface area contributed by atoms with Crippen molar-refractivity contribution in [3.8, 4) is 11.5 Å². The summed E-state index contributed by atoms with van der Waals surface area (Å²) in [6, 6.07) is 17.3. The van der Waals surface area contributed by atoms with E-state index in [-0.39, 0.29) is 17.6 Å². The molecule has 1 amide bonds. The lowest BCUT2D eigenvalue weighted by Gasteiger charge is -2.20. The molecule has 1 aromatic heterocycles. The Balaban J connectivity index is 1.59. The van der Waals surface area contributed by atoms with Crippen molar-refractivity contribution in [2.45, 2.75) is 20.1 Å². The summed E-state index contributed by atoms with van der Waals surface area (Å²) in [6.07, 6.45) is 0.846. The van der Waals surface area contributed by atoms with Crippen molar-refractivity contribution in [3.05, 3.63) is 89.2 Å². The molecule has 32 heavy (non-hydrogen) atoms. The van der Waals surface area contributed by atoms with Gasteiger partial charge in [0.15, 0.2) is 11.5 Å². The molecule has 162 valence electrons. The van der Waals surface area contributed by atoms with E-state index in [0.717, 1.165) is 5.69 Å². The van der Waals surface area contributed by atoms with Crippen LogP contribution in [0.25, 0.3) is 0 Å². The van der Waals surface area contributed by atoms with E-state index in [1.165, 1.54) is 19.0 Å². The number of methoxy groups -OCH3 is 1. The third kappa shape index (κ3) is 4.29. The van der Waals surface area contributed by atoms with Gasteiger partial charge in [-0.2, -0.15) is 5.01 Å². The second kappa shape index (κ2) is 8.89. The standard InChI is InChI=1S/C24H21N3O5/c1-15-9-10-19(14-25-15)22-26-27(16(2)28)23(32-22)18-11-12-20(21(13-18)30-3)31-24(29)17-7-5-4-6-8-17/h4-14,23H,1-3H3/t23-/m0/s1. The van der Waals surface area contributed by atoms with E-state index in [1.54, 1.807) is 48.7 Å². The van der Waals surface area contributed by atoms with Crippen molar-refractivity contribution in [3.63, 3.8) is 0 Å². The maximum Gasteiger partial charge on any atom is 0.343 e. The van der Waals surface area contributed by atoms with E-state index in [4.69, 9.17) is 14.2 Å². The van der Waals surface area contributed by atoms with Crippen LogP contribution in [0.3, 0.4) is 0 Å². The lowest BCUT2D eigenvalue weighted by molar-refractivity contribution is -0.135. The van der Waals surface area contributed by atoms with E-state index < -0.39 is 12.2 Å². The van der Waals surface area contributed by atoms with E-state index in [2.05, 4.69) is 10.1 Å². The molecule has 2 aromatic carbocycles. The molecular formula is C24H21N3O5. The summed E-state index contributed by atoms with van der Waals surface area (Å²) >= 11 is 0. The molecule has 3 aromatic rings. The number of hydrogen-bond acceptors (Lipinski definition) is 7. The fraction of sp³-hybridized carbons (Fsp3) is 0.167. The molecule has 0 saturated carbocycles. The Bertz CT molecular complexity index is 1180. The molecule has 4 rings (SSSR count). The van der Waals surface area contributed by atoms with Crippen LogP contribution in [0.4, 0.5) is 0 Å². The second-order valence-corrected chi connectivity index (χ2v) is 7.09. The highest BCUT2D eigenvalue weighted by atomic mass is 16.6. The van der Waals surface area contributed by atoms with Crippen LogP contribution in [-0.2, 0) is 9.53 Å². The molecule has 1 aliphatic rings. The first-order valence-electron chi connectivity index (χ1n) is 9.89. The number of esters is 1. The van der Waals surface area contributed by atoms with Crippen LogP contribution in [0.15, 0.2) is 72.0 Å². The maximum absolute atomic E-state index is 12.4. The largest absolute Gasteiger partial charge is 0.493 e. The normalized spacial score (nSPS) is 15.0. The average molecular weight is 431 g/mol. The van der Waals surface area contributed by atoms with Gasteiger partial charge in [0.1, 0.15) is 0 Å². The van der Waals surface area contributed by atoms with Gasteiger partial charge in [0.2, 0.25) is 18.0 Å². The van der Waals surface area contributed by atoms with Crippen LogP contribution < -0.4 is 9.47 Å². The molecule has 0 aliphatic carbocycles. The molecule has 0 spiro atoms. The lowest BCUT2D eigenvalue weighted by atomic mass is 10.1. The summed E-state index contributed by atoms with van der Waals surface area (Å²) in [4.78, 5) is 28.9. The van der Waals surface area contributed by atoms with Gasteiger partial charge in [-0.05, 0) is 49.4 Å². The third-order valence-electron chi connectivity index (χ3n) is 4.81. The minimum Gasteiger partial charge on any atom is -0.493 e. The highest BCUT2D eigenvalue weighted by Crippen LogP contribution is 2.36. The number of pyridine rings is 1. The molecule has 1 atom stereocenters. The van der Waals surface area contributed by atoms with Gasteiger partial charge >= 0.3 is 5.97 Å². The van der Waals surface area contributed by atoms with Gasteiger partial charge in [-0.1, -0.05) is 18.2 Å². The summed E-state index contributed by atoms with van der Waals surface area (Å²) in [5.74, 6) is 0.0715. The fourth-order valence-corrected chi connectivity index (χ4v) is 3.15. The monoisotopic (exact) mass is 431 g/mol. The van der Waals surface area contributed by atoms with Gasteiger partial charge in [0.25, 0.3) is 0 Å². The highest BCUT2D eigenvalue weighted by Gasteiger charge is 2.34. The van der Waals surface area contributed by atoms with Crippen molar-refractivity contribution in [2.75, 3.05) is 7.11 Å². The predicted octanol–water partition coefficient (Wildman–Crippen LogP) is 3.86. The summed E-state index contributed by atoms with van der Waals surface area (Å²) in [5.41, 5.74) is 2.54. The summed E-state index contributed by atoms with van der Waals surface area (Å²) in [5, 5.41) is 5.57. The number of ether oxygens (including phenoxy) is 3. The number of rotatable bonds is 5. The first-order chi connectivity index (χ1) is 15.5. The van der Waals surface area contributed by atoms with Crippen molar-refractivity contribution in [2.24, 2.45) is 5.10 Å². The topological polar surface area (TPSA) is 90.3 Å². The number of benzene rings is 2. The SMILES string of the molecule is COc1cc([C@@H]2OC(c3ccc(C)nc3)=NN2C(C)=O)ccc1OC(=O)c1ccccc1.